The summed E-state index contributed by atoms with van der Waals surface area (Å²) in [5.74, 6) is 1.12. The number of hydrogen-bond donors (Lipinski definition) is 2. The van der Waals surface area contributed by atoms with Crippen LogP contribution in [0.25, 0.3) is 0 Å². The molecule has 1 saturated carbocycles. The van der Waals surface area contributed by atoms with Crippen molar-refractivity contribution in [3.63, 3.8) is 0 Å². The van der Waals surface area contributed by atoms with Crippen molar-refractivity contribution in [3.05, 3.63) is 29.8 Å². The molecule has 0 spiro atoms. The third-order valence-electron chi connectivity index (χ3n) is 3.85. The molecular formula is C17H27ClN2OS. The Balaban J connectivity index is 0.00000242. The molecule has 0 aliphatic heterocycles. The van der Waals surface area contributed by atoms with Gasteiger partial charge in [-0.1, -0.05) is 31.4 Å². The topological polar surface area (TPSA) is 41.1 Å². The first kappa shape index (κ1) is 19.3. The highest BCUT2D eigenvalue weighted by atomic mass is 35.5. The Morgan fingerprint density at radius 2 is 2.05 bits per heavy atom. The molecule has 2 N–H and O–H groups in total. The van der Waals surface area contributed by atoms with Gasteiger partial charge in [-0.05, 0) is 37.6 Å². The summed E-state index contributed by atoms with van der Waals surface area (Å²) in [7, 11) is 1.86. The number of amides is 1. The minimum Gasteiger partial charge on any atom is -0.326 e. The van der Waals surface area contributed by atoms with Gasteiger partial charge in [0, 0.05) is 29.7 Å². The molecule has 5 heteroatoms. The van der Waals surface area contributed by atoms with E-state index < -0.39 is 0 Å². The first-order valence-electron chi connectivity index (χ1n) is 7.93. The fraction of sp³-hybridized carbons (Fsp3) is 0.588. The van der Waals surface area contributed by atoms with Crippen molar-refractivity contribution in [2.24, 2.45) is 0 Å². The highest BCUT2D eigenvalue weighted by Gasteiger charge is 2.13. The molecule has 0 bridgehead atoms. The van der Waals surface area contributed by atoms with Gasteiger partial charge in [0.15, 0.2) is 0 Å². The van der Waals surface area contributed by atoms with Gasteiger partial charge < -0.3 is 10.6 Å². The van der Waals surface area contributed by atoms with E-state index in [2.05, 4.69) is 34.5 Å². The summed E-state index contributed by atoms with van der Waals surface area (Å²) in [6.07, 6.45) is 7.43. The maximum atomic E-state index is 11.7. The van der Waals surface area contributed by atoms with Crippen LogP contribution in [0, 0.1) is 0 Å². The van der Waals surface area contributed by atoms with E-state index in [-0.39, 0.29) is 18.3 Å². The second kappa shape index (κ2) is 10.9. The van der Waals surface area contributed by atoms with Crippen molar-refractivity contribution in [1.29, 1.82) is 0 Å². The zero-order valence-corrected chi connectivity index (χ0v) is 14.9. The van der Waals surface area contributed by atoms with Crippen LogP contribution in [0.5, 0.6) is 0 Å². The van der Waals surface area contributed by atoms with Crippen molar-refractivity contribution in [2.75, 3.05) is 18.9 Å². The number of carbonyl (C=O) groups excluding carboxylic acids is 1. The van der Waals surface area contributed by atoms with Gasteiger partial charge in [0.1, 0.15) is 0 Å². The second-order valence-electron chi connectivity index (χ2n) is 5.67. The molecule has 0 heterocycles. The van der Waals surface area contributed by atoms with E-state index in [1.165, 1.54) is 37.7 Å². The van der Waals surface area contributed by atoms with Crippen LogP contribution < -0.4 is 10.6 Å². The fourth-order valence-corrected chi connectivity index (χ4v) is 3.92. The van der Waals surface area contributed by atoms with Crippen LogP contribution in [0.2, 0.25) is 0 Å². The highest BCUT2D eigenvalue weighted by molar-refractivity contribution is 7.99. The van der Waals surface area contributed by atoms with Crippen molar-refractivity contribution < 1.29 is 4.79 Å². The van der Waals surface area contributed by atoms with Gasteiger partial charge >= 0.3 is 0 Å². The summed E-state index contributed by atoms with van der Waals surface area (Å²) in [4.78, 5) is 11.7. The van der Waals surface area contributed by atoms with Crippen LogP contribution in [-0.2, 0) is 10.5 Å². The van der Waals surface area contributed by atoms with E-state index in [4.69, 9.17) is 0 Å². The smallest absolute Gasteiger partial charge is 0.225 e. The number of hydrogen-bond acceptors (Lipinski definition) is 3. The quantitative estimate of drug-likeness (QED) is 0.779. The number of rotatable bonds is 7. The highest BCUT2D eigenvalue weighted by Crippen LogP contribution is 2.30. The number of nitrogens with one attached hydrogen (secondary N) is 2. The van der Waals surface area contributed by atoms with Crippen LogP contribution in [-0.4, -0.2) is 24.7 Å². The number of anilines is 1. The molecule has 1 aromatic rings. The zero-order chi connectivity index (χ0) is 14.9. The van der Waals surface area contributed by atoms with Crippen molar-refractivity contribution in [1.82, 2.24) is 5.32 Å². The van der Waals surface area contributed by atoms with E-state index >= 15 is 0 Å². The van der Waals surface area contributed by atoms with Gasteiger partial charge in [-0.2, -0.15) is 11.8 Å². The van der Waals surface area contributed by atoms with Gasteiger partial charge in [0.05, 0.1) is 0 Å². The number of benzene rings is 1. The molecule has 1 aliphatic rings. The Labute approximate surface area is 144 Å². The standard InChI is InChI=1S/C17H26N2OS.ClH/c1-18-11-10-17(20)19-15-7-5-6-14(12-15)13-21-16-8-3-2-4-9-16;/h5-7,12,16,18H,2-4,8-11,13H2,1H3,(H,19,20);1H. The molecule has 0 unspecified atom stereocenters. The van der Waals surface area contributed by atoms with Gasteiger partial charge in [-0.15, -0.1) is 12.4 Å². The minimum atomic E-state index is 0. The Hall–Kier alpha value is -0.710. The maximum absolute atomic E-state index is 11.7. The van der Waals surface area contributed by atoms with E-state index in [0.29, 0.717) is 13.0 Å². The molecule has 3 nitrogen and oxygen atoms in total. The summed E-state index contributed by atoms with van der Waals surface area (Å²) >= 11 is 2.07. The lowest BCUT2D eigenvalue weighted by atomic mass is 10.0. The third-order valence-corrected chi connectivity index (χ3v) is 5.29. The maximum Gasteiger partial charge on any atom is 0.225 e. The molecular weight excluding hydrogens is 316 g/mol. The summed E-state index contributed by atoms with van der Waals surface area (Å²) < 4.78 is 0. The molecule has 0 radical (unpaired) electrons. The Bertz CT molecular complexity index is 450. The van der Waals surface area contributed by atoms with Gasteiger partial charge in [-0.25, -0.2) is 0 Å². The second-order valence-corrected chi connectivity index (χ2v) is 6.96. The minimum absolute atomic E-state index is 0. The van der Waals surface area contributed by atoms with Gasteiger partial charge in [0.2, 0.25) is 5.91 Å². The lowest BCUT2D eigenvalue weighted by Crippen LogP contribution is -2.18. The van der Waals surface area contributed by atoms with Crippen LogP contribution in [0.4, 0.5) is 5.69 Å². The van der Waals surface area contributed by atoms with Gasteiger partial charge in [-0.3, -0.25) is 4.79 Å². The predicted octanol–water partition coefficient (Wildman–Crippen LogP) is 4.22. The molecule has 1 aliphatic carbocycles. The first-order chi connectivity index (χ1) is 10.3. The number of halogens is 1. The monoisotopic (exact) mass is 342 g/mol. The molecule has 2 rings (SSSR count). The van der Waals surface area contributed by atoms with Crippen LogP contribution in [0.15, 0.2) is 24.3 Å². The van der Waals surface area contributed by atoms with E-state index in [1.54, 1.807) is 0 Å². The zero-order valence-electron chi connectivity index (χ0n) is 13.3. The third kappa shape index (κ3) is 7.03. The van der Waals surface area contributed by atoms with Crippen molar-refractivity contribution >= 4 is 35.8 Å². The molecule has 0 aromatic heterocycles. The molecule has 0 atom stereocenters. The molecule has 1 aromatic carbocycles. The van der Waals surface area contributed by atoms with E-state index in [1.807, 2.05) is 19.2 Å². The fourth-order valence-electron chi connectivity index (χ4n) is 2.65. The Kier molecular flexibility index (Phi) is 9.60. The molecule has 124 valence electrons. The van der Waals surface area contributed by atoms with Crippen LogP contribution in [0.3, 0.4) is 0 Å². The average molecular weight is 343 g/mol. The molecule has 0 saturated heterocycles. The van der Waals surface area contributed by atoms with E-state index in [9.17, 15) is 4.79 Å². The Morgan fingerprint density at radius 1 is 1.27 bits per heavy atom. The first-order valence-corrected chi connectivity index (χ1v) is 8.98. The number of thioether (sulfide) groups is 1. The van der Waals surface area contributed by atoms with Crippen LogP contribution >= 0.6 is 24.2 Å². The molecule has 1 amide bonds. The van der Waals surface area contributed by atoms with E-state index in [0.717, 1.165) is 16.7 Å². The Morgan fingerprint density at radius 3 is 2.77 bits per heavy atom. The molecule has 1 fully saturated rings. The molecule has 22 heavy (non-hydrogen) atoms. The summed E-state index contributed by atoms with van der Waals surface area (Å²) in [6, 6.07) is 8.25. The SMILES string of the molecule is CNCCC(=O)Nc1cccc(CSC2CCCCC2)c1.Cl. The lowest BCUT2D eigenvalue weighted by molar-refractivity contribution is -0.116. The average Bonchev–Trinajstić information content (AvgIpc) is 2.52. The normalized spacial score (nSPS) is 15.1. The van der Waals surface area contributed by atoms with Crippen molar-refractivity contribution in [2.45, 2.75) is 49.5 Å². The predicted molar refractivity (Wildman–Crippen MR) is 99.0 cm³/mol. The number of carbonyl (C=O) groups is 1. The summed E-state index contributed by atoms with van der Waals surface area (Å²) in [5, 5.41) is 6.78. The van der Waals surface area contributed by atoms with Crippen LogP contribution in [0.1, 0.15) is 44.1 Å². The van der Waals surface area contributed by atoms with Gasteiger partial charge in [0.25, 0.3) is 0 Å². The summed E-state index contributed by atoms with van der Waals surface area (Å²) in [6.45, 7) is 0.711. The van der Waals surface area contributed by atoms with Crippen molar-refractivity contribution in [3.8, 4) is 0 Å². The lowest BCUT2D eigenvalue weighted by Gasteiger charge is -2.21. The largest absolute Gasteiger partial charge is 0.326 e. The summed E-state index contributed by atoms with van der Waals surface area (Å²) in [5.41, 5.74) is 2.22.